The van der Waals surface area contributed by atoms with E-state index in [2.05, 4.69) is 5.10 Å². The van der Waals surface area contributed by atoms with Crippen molar-refractivity contribution >= 4 is 34.2 Å². The van der Waals surface area contributed by atoms with Crippen LogP contribution in [0.2, 0.25) is 5.02 Å². The lowest BCUT2D eigenvalue weighted by molar-refractivity contribution is -0.131. The third-order valence-corrected chi connectivity index (χ3v) is 4.54. The van der Waals surface area contributed by atoms with Gasteiger partial charge in [0.15, 0.2) is 5.69 Å². The molecule has 1 aromatic heterocycles. The fourth-order valence-corrected chi connectivity index (χ4v) is 2.83. The van der Waals surface area contributed by atoms with Crippen molar-refractivity contribution in [2.24, 2.45) is 0 Å². The second-order valence-corrected chi connectivity index (χ2v) is 6.72. The van der Waals surface area contributed by atoms with Gasteiger partial charge >= 0.3 is 5.97 Å². The van der Waals surface area contributed by atoms with Gasteiger partial charge in [0.1, 0.15) is 18.9 Å². The molecule has 0 bridgehead atoms. The molecule has 150 valence electrons. The number of benzene rings is 2. The SMILES string of the molecule is CN(CCOc1ccc(Cl)cc1)C(=O)Cn1nc(C(=O)O)c2ccccc2c1=O. The van der Waals surface area contributed by atoms with Gasteiger partial charge in [0.25, 0.3) is 5.56 Å². The summed E-state index contributed by atoms with van der Waals surface area (Å²) in [6, 6.07) is 13.1. The highest BCUT2D eigenvalue weighted by molar-refractivity contribution is 6.30. The molecule has 2 aromatic carbocycles. The molecule has 0 saturated carbocycles. The number of likely N-dealkylation sites (N-methyl/N-ethyl adjacent to an activating group) is 1. The van der Waals surface area contributed by atoms with E-state index < -0.39 is 17.4 Å². The van der Waals surface area contributed by atoms with E-state index in [1.165, 1.54) is 17.0 Å². The molecule has 0 fully saturated rings. The number of aromatic nitrogens is 2. The third kappa shape index (κ3) is 4.72. The van der Waals surface area contributed by atoms with Crippen molar-refractivity contribution in [1.29, 1.82) is 0 Å². The number of carboxylic acid groups (broad SMARTS) is 1. The molecule has 0 unspecified atom stereocenters. The van der Waals surface area contributed by atoms with E-state index in [9.17, 15) is 19.5 Å². The largest absolute Gasteiger partial charge is 0.492 e. The number of aromatic carboxylic acids is 1. The lowest BCUT2D eigenvalue weighted by Crippen LogP contribution is -2.37. The third-order valence-electron chi connectivity index (χ3n) is 4.29. The van der Waals surface area contributed by atoms with Crippen LogP contribution in [0.15, 0.2) is 53.3 Å². The Kier molecular flexibility index (Phi) is 6.13. The Labute approximate surface area is 170 Å². The number of rotatable bonds is 7. The molecule has 0 atom stereocenters. The Morgan fingerprint density at radius 2 is 1.79 bits per heavy atom. The monoisotopic (exact) mass is 415 g/mol. The highest BCUT2D eigenvalue weighted by Crippen LogP contribution is 2.15. The summed E-state index contributed by atoms with van der Waals surface area (Å²) in [7, 11) is 1.57. The van der Waals surface area contributed by atoms with Crippen LogP contribution in [0.1, 0.15) is 10.5 Å². The maximum absolute atomic E-state index is 12.6. The molecule has 0 aliphatic heterocycles. The molecule has 29 heavy (non-hydrogen) atoms. The second kappa shape index (κ2) is 8.74. The molecule has 3 aromatic rings. The minimum atomic E-state index is -1.27. The van der Waals surface area contributed by atoms with E-state index >= 15 is 0 Å². The average Bonchev–Trinajstić information content (AvgIpc) is 2.71. The van der Waals surface area contributed by atoms with Gasteiger partial charge in [-0.3, -0.25) is 9.59 Å². The van der Waals surface area contributed by atoms with Gasteiger partial charge in [-0.15, -0.1) is 0 Å². The van der Waals surface area contributed by atoms with Gasteiger partial charge in [-0.1, -0.05) is 29.8 Å². The molecule has 0 spiro atoms. The Balaban J connectivity index is 1.70. The minimum absolute atomic E-state index is 0.196. The van der Waals surface area contributed by atoms with Crippen molar-refractivity contribution in [1.82, 2.24) is 14.7 Å². The van der Waals surface area contributed by atoms with Crippen molar-refractivity contribution in [3.05, 3.63) is 69.6 Å². The summed E-state index contributed by atoms with van der Waals surface area (Å²) >= 11 is 5.82. The molecule has 0 aliphatic rings. The van der Waals surface area contributed by atoms with Crippen LogP contribution in [0.25, 0.3) is 10.8 Å². The zero-order valence-corrected chi connectivity index (χ0v) is 16.3. The molecule has 3 rings (SSSR count). The summed E-state index contributed by atoms with van der Waals surface area (Å²) in [6.45, 7) is 0.140. The molecule has 8 nitrogen and oxygen atoms in total. The van der Waals surface area contributed by atoms with Gasteiger partial charge in [-0.2, -0.15) is 5.10 Å². The molecule has 9 heteroatoms. The molecule has 0 saturated heterocycles. The van der Waals surface area contributed by atoms with Crippen molar-refractivity contribution in [2.75, 3.05) is 20.2 Å². The summed E-state index contributed by atoms with van der Waals surface area (Å²) in [5.74, 6) is -1.05. The fourth-order valence-electron chi connectivity index (χ4n) is 2.71. The van der Waals surface area contributed by atoms with E-state index in [0.29, 0.717) is 10.8 Å². The van der Waals surface area contributed by atoms with Crippen LogP contribution in [0.4, 0.5) is 0 Å². The number of halogens is 1. The van der Waals surface area contributed by atoms with Crippen LogP contribution < -0.4 is 10.3 Å². The first-order chi connectivity index (χ1) is 13.9. The van der Waals surface area contributed by atoms with Crippen LogP contribution >= 0.6 is 11.6 Å². The van der Waals surface area contributed by atoms with Crippen LogP contribution in [0, 0.1) is 0 Å². The molecule has 1 amide bonds. The zero-order chi connectivity index (χ0) is 21.0. The Hall–Kier alpha value is -3.39. The highest BCUT2D eigenvalue weighted by Gasteiger charge is 2.18. The van der Waals surface area contributed by atoms with Crippen molar-refractivity contribution < 1.29 is 19.4 Å². The molecular weight excluding hydrogens is 398 g/mol. The van der Waals surface area contributed by atoms with Crippen LogP contribution in [0.5, 0.6) is 5.75 Å². The van der Waals surface area contributed by atoms with Crippen LogP contribution in [-0.2, 0) is 11.3 Å². The maximum Gasteiger partial charge on any atom is 0.357 e. The Morgan fingerprint density at radius 3 is 2.45 bits per heavy atom. The van der Waals surface area contributed by atoms with Crippen LogP contribution in [-0.4, -0.2) is 51.9 Å². The first-order valence-electron chi connectivity index (χ1n) is 8.72. The lowest BCUT2D eigenvalue weighted by Gasteiger charge is -2.18. The highest BCUT2D eigenvalue weighted by atomic mass is 35.5. The average molecular weight is 416 g/mol. The van der Waals surface area contributed by atoms with Gasteiger partial charge in [0, 0.05) is 17.5 Å². The predicted octanol–water partition coefficient (Wildman–Crippen LogP) is 2.29. The Bertz CT molecular complexity index is 1110. The number of ether oxygens (including phenoxy) is 1. The zero-order valence-electron chi connectivity index (χ0n) is 15.5. The van der Waals surface area contributed by atoms with Gasteiger partial charge in [0.2, 0.25) is 5.91 Å². The molecule has 1 heterocycles. The summed E-state index contributed by atoms with van der Waals surface area (Å²) in [4.78, 5) is 37.9. The van der Waals surface area contributed by atoms with Gasteiger partial charge < -0.3 is 14.7 Å². The number of fused-ring (bicyclic) bond motifs is 1. The Morgan fingerprint density at radius 1 is 1.14 bits per heavy atom. The van der Waals surface area contributed by atoms with E-state index in [1.807, 2.05) is 0 Å². The first kappa shape index (κ1) is 20.3. The van der Waals surface area contributed by atoms with Crippen molar-refractivity contribution in [2.45, 2.75) is 6.54 Å². The smallest absolute Gasteiger partial charge is 0.357 e. The van der Waals surface area contributed by atoms with E-state index in [1.54, 1.807) is 43.4 Å². The van der Waals surface area contributed by atoms with Gasteiger partial charge in [0.05, 0.1) is 11.9 Å². The molecule has 1 N–H and O–H groups in total. The normalized spacial score (nSPS) is 10.7. The molecule has 0 radical (unpaired) electrons. The van der Waals surface area contributed by atoms with Gasteiger partial charge in [-0.25, -0.2) is 9.48 Å². The number of amides is 1. The van der Waals surface area contributed by atoms with Gasteiger partial charge in [-0.05, 0) is 30.3 Å². The predicted molar refractivity (Wildman–Crippen MR) is 108 cm³/mol. The fraction of sp³-hybridized carbons (Fsp3) is 0.200. The number of carbonyl (C=O) groups is 2. The van der Waals surface area contributed by atoms with E-state index in [-0.39, 0.29) is 36.2 Å². The number of carboxylic acids is 1. The number of hydrogen-bond acceptors (Lipinski definition) is 5. The molecule has 0 aliphatic carbocycles. The standard InChI is InChI=1S/C20H18ClN3O5/c1-23(10-11-29-14-8-6-13(21)7-9-14)17(25)12-24-19(26)16-5-3-2-4-15(16)18(22-24)20(27)28/h2-9H,10-12H2,1H3,(H,27,28). The maximum atomic E-state index is 12.6. The second-order valence-electron chi connectivity index (χ2n) is 6.28. The van der Waals surface area contributed by atoms with Crippen molar-refractivity contribution in [3.8, 4) is 5.75 Å². The summed E-state index contributed by atoms with van der Waals surface area (Å²) in [6.07, 6.45) is 0. The van der Waals surface area contributed by atoms with Crippen LogP contribution in [0.3, 0.4) is 0 Å². The first-order valence-corrected chi connectivity index (χ1v) is 9.10. The van der Waals surface area contributed by atoms with E-state index in [0.717, 1.165) is 4.68 Å². The van der Waals surface area contributed by atoms with Crippen molar-refractivity contribution in [3.63, 3.8) is 0 Å². The lowest BCUT2D eigenvalue weighted by atomic mass is 10.1. The number of nitrogens with zero attached hydrogens (tertiary/aromatic N) is 3. The summed E-state index contributed by atoms with van der Waals surface area (Å²) < 4.78 is 6.43. The number of carbonyl (C=O) groups excluding carboxylic acids is 1. The summed E-state index contributed by atoms with van der Waals surface area (Å²) in [5, 5.41) is 14.3. The topological polar surface area (TPSA) is 102 Å². The quantitative estimate of drug-likeness (QED) is 0.635. The summed E-state index contributed by atoms with van der Waals surface area (Å²) in [5.41, 5.74) is -0.800. The van der Waals surface area contributed by atoms with E-state index in [4.69, 9.17) is 16.3 Å². The minimum Gasteiger partial charge on any atom is -0.492 e. The molecular formula is C20H18ClN3O5. The number of hydrogen-bond donors (Lipinski definition) is 1.